The van der Waals surface area contributed by atoms with Crippen LogP contribution in [0.4, 0.5) is 15.8 Å². The van der Waals surface area contributed by atoms with Gasteiger partial charge in [0.2, 0.25) is 5.91 Å². The van der Waals surface area contributed by atoms with Crippen LogP contribution in [0.3, 0.4) is 0 Å². The number of halogens is 1. The number of nitro benzene ring substituents is 1. The van der Waals surface area contributed by atoms with E-state index in [1.807, 2.05) is 0 Å². The fraction of sp³-hybridized carbons (Fsp3) is 0.333. The molecule has 1 aliphatic heterocycles. The number of hydrogen-bond acceptors (Lipinski definition) is 6. The number of nitrogens with zero attached hydrogens (tertiary/aromatic N) is 2. The van der Waals surface area contributed by atoms with Crippen molar-refractivity contribution in [3.8, 4) is 0 Å². The van der Waals surface area contributed by atoms with Crippen molar-refractivity contribution in [3.63, 3.8) is 0 Å². The van der Waals surface area contributed by atoms with E-state index in [9.17, 15) is 32.5 Å². The van der Waals surface area contributed by atoms with Crippen molar-refractivity contribution in [2.45, 2.75) is 18.1 Å². The van der Waals surface area contributed by atoms with Gasteiger partial charge in [-0.15, -0.1) is 0 Å². The Morgan fingerprint density at radius 1 is 1.36 bits per heavy atom. The average Bonchev–Trinajstić information content (AvgIpc) is 2.61. The number of hydrogen-bond donors (Lipinski definition) is 0. The molecule has 8 nitrogen and oxygen atoms in total. The van der Waals surface area contributed by atoms with Gasteiger partial charge in [0.15, 0.2) is 14.6 Å². The molecule has 1 aromatic rings. The summed E-state index contributed by atoms with van der Waals surface area (Å²) in [7, 11) is -3.93. The smallest absolute Gasteiger partial charge is 0.271 e. The number of rotatable bonds is 3. The summed E-state index contributed by atoms with van der Waals surface area (Å²) in [4.78, 5) is 34.6. The Balaban J connectivity index is 2.60. The van der Waals surface area contributed by atoms with Gasteiger partial charge in [0.25, 0.3) is 11.6 Å². The standard InChI is InChI=1S/C12H11FN2O6S/c1-12(22(2,20)21)6-10(16)14(11(12)17)9-5-7(15(18)19)3-4-8(9)13/h3-5H,6H2,1-2H3. The third kappa shape index (κ3) is 2.25. The van der Waals surface area contributed by atoms with Gasteiger partial charge in [-0.25, -0.2) is 17.7 Å². The lowest BCUT2D eigenvalue weighted by molar-refractivity contribution is -0.384. The van der Waals surface area contributed by atoms with E-state index in [1.165, 1.54) is 0 Å². The molecule has 1 saturated heterocycles. The Morgan fingerprint density at radius 2 is 1.95 bits per heavy atom. The molecule has 0 radical (unpaired) electrons. The van der Waals surface area contributed by atoms with Crippen LogP contribution in [-0.4, -0.2) is 36.2 Å². The van der Waals surface area contributed by atoms with Gasteiger partial charge in [0.1, 0.15) is 5.82 Å². The van der Waals surface area contributed by atoms with Gasteiger partial charge in [-0.3, -0.25) is 19.7 Å². The molecule has 0 saturated carbocycles. The zero-order valence-electron chi connectivity index (χ0n) is 11.6. The van der Waals surface area contributed by atoms with Gasteiger partial charge in [-0.05, 0) is 13.0 Å². The fourth-order valence-electron chi connectivity index (χ4n) is 2.11. The van der Waals surface area contributed by atoms with Crippen LogP contribution in [0.25, 0.3) is 0 Å². The van der Waals surface area contributed by atoms with Gasteiger partial charge in [0.05, 0.1) is 17.0 Å². The van der Waals surface area contributed by atoms with E-state index in [4.69, 9.17) is 0 Å². The quantitative estimate of drug-likeness (QED) is 0.460. The molecule has 0 bridgehead atoms. The highest BCUT2D eigenvalue weighted by Crippen LogP contribution is 2.36. The van der Waals surface area contributed by atoms with Crippen LogP contribution < -0.4 is 4.90 Å². The Morgan fingerprint density at radius 3 is 2.41 bits per heavy atom. The zero-order valence-corrected chi connectivity index (χ0v) is 12.4. The number of anilines is 1. The molecule has 118 valence electrons. The summed E-state index contributed by atoms with van der Waals surface area (Å²) < 4.78 is 35.3. The molecule has 0 aromatic heterocycles. The Bertz CT molecular complexity index is 806. The van der Waals surface area contributed by atoms with E-state index in [2.05, 4.69) is 0 Å². The molecule has 2 rings (SSSR count). The van der Waals surface area contributed by atoms with Gasteiger partial charge in [-0.1, -0.05) is 0 Å². The van der Waals surface area contributed by atoms with Gasteiger partial charge in [0, 0.05) is 18.4 Å². The summed E-state index contributed by atoms with van der Waals surface area (Å²) in [6.07, 6.45) is 0.151. The van der Waals surface area contributed by atoms with E-state index < -0.39 is 54.9 Å². The van der Waals surface area contributed by atoms with Crippen LogP contribution in [0.1, 0.15) is 13.3 Å². The number of carbonyl (C=O) groups is 2. The minimum Gasteiger partial charge on any atom is -0.274 e. The molecule has 0 spiro atoms. The van der Waals surface area contributed by atoms with E-state index in [0.717, 1.165) is 31.4 Å². The van der Waals surface area contributed by atoms with Crippen LogP contribution >= 0.6 is 0 Å². The van der Waals surface area contributed by atoms with Crippen molar-refractivity contribution >= 4 is 33.0 Å². The first-order valence-corrected chi connectivity index (χ1v) is 7.89. The molecule has 1 atom stereocenters. The Hall–Kier alpha value is -2.36. The molecule has 1 heterocycles. The first-order chi connectivity index (χ1) is 9.99. The van der Waals surface area contributed by atoms with E-state index in [1.54, 1.807) is 0 Å². The van der Waals surface area contributed by atoms with Crippen molar-refractivity contribution in [1.82, 2.24) is 0 Å². The molecule has 0 aliphatic carbocycles. The topological polar surface area (TPSA) is 115 Å². The maximum atomic E-state index is 13.9. The fourth-order valence-corrected chi connectivity index (χ4v) is 2.91. The first-order valence-electron chi connectivity index (χ1n) is 6.00. The van der Waals surface area contributed by atoms with Crippen LogP contribution in [0.2, 0.25) is 0 Å². The van der Waals surface area contributed by atoms with Gasteiger partial charge >= 0.3 is 0 Å². The zero-order chi connectivity index (χ0) is 16.9. The number of nitro groups is 1. The summed E-state index contributed by atoms with van der Waals surface area (Å²) in [5.74, 6) is -3.10. The number of non-ortho nitro benzene ring substituents is 1. The molecule has 1 unspecified atom stereocenters. The average molecular weight is 330 g/mol. The second kappa shape index (κ2) is 4.83. The molecule has 1 aliphatic rings. The summed E-state index contributed by atoms with van der Waals surface area (Å²) in [5.41, 5.74) is -1.15. The highest BCUT2D eigenvalue weighted by molar-refractivity contribution is 7.93. The molecule has 2 amide bonds. The minimum atomic E-state index is -3.93. The van der Waals surface area contributed by atoms with Gasteiger partial charge < -0.3 is 0 Å². The van der Waals surface area contributed by atoms with Crippen LogP contribution in [-0.2, 0) is 19.4 Å². The number of imide groups is 1. The summed E-state index contributed by atoms with van der Waals surface area (Å²) >= 11 is 0. The highest BCUT2D eigenvalue weighted by atomic mass is 32.2. The number of amides is 2. The largest absolute Gasteiger partial charge is 0.274 e. The number of sulfone groups is 1. The van der Waals surface area contributed by atoms with Crippen LogP contribution in [0.5, 0.6) is 0 Å². The lowest BCUT2D eigenvalue weighted by Crippen LogP contribution is -2.44. The van der Waals surface area contributed by atoms with Crippen LogP contribution in [0, 0.1) is 15.9 Å². The monoisotopic (exact) mass is 330 g/mol. The molecule has 0 N–H and O–H groups in total. The van der Waals surface area contributed by atoms with Crippen molar-refractivity contribution in [2.24, 2.45) is 0 Å². The second-order valence-corrected chi connectivity index (χ2v) is 7.55. The maximum absolute atomic E-state index is 13.9. The highest BCUT2D eigenvalue weighted by Gasteiger charge is 2.56. The Kier molecular flexibility index (Phi) is 3.52. The normalized spacial score (nSPS) is 22.2. The van der Waals surface area contributed by atoms with E-state index in [-0.39, 0.29) is 0 Å². The van der Waals surface area contributed by atoms with Crippen LogP contribution in [0.15, 0.2) is 18.2 Å². The van der Waals surface area contributed by atoms with Crippen molar-refractivity contribution in [1.29, 1.82) is 0 Å². The molecule has 10 heteroatoms. The van der Waals surface area contributed by atoms with Gasteiger partial charge in [-0.2, -0.15) is 0 Å². The molecular weight excluding hydrogens is 319 g/mol. The SMILES string of the molecule is CC1(S(C)(=O)=O)CC(=O)N(c2cc([N+](=O)[O-])ccc2F)C1=O. The summed E-state index contributed by atoms with van der Waals surface area (Å²) in [6.45, 7) is 1.07. The Labute approximate surface area is 124 Å². The van der Waals surface area contributed by atoms with Crippen molar-refractivity contribution in [3.05, 3.63) is 34.1 Å². The third-order valence-corrected chi connectivity index (χ3v) is 5.55. The molecule has 22 heavy (non-hydrogen) atoms. The van der Waals surface area contributed by atoms with E-state index in [0.29, 0.717) is 4.90 Å². The van der Waals surface area contributed by atoms with Crippen molar-refractivity contribution < 1.29 is 27.3 Å². The lowest BCUT2D eigenvalue weighted by atomic mass is 10.1. The number of benzene rings is 1. The summed E-state index contributed by atoms with van der Waals surface area (Å²) in [5, 5.41) is 10.7. The molecule has 1 aromatic carbocycles. The van der Waals surface area contributed by atoms with E-state index >= 15 is 0 Å². The molecule has 1 fully saturated rings. The first kappa shape index (κ1) is 16.0. The lowest BCUT2D eigenvalue weighted by Gasteiger charge is -2.20. The predicted molar refractivity (Wildman–Crippen MR) is 73.4 cm³/mol. The number of carbonyl (C=O) groups excluding carboxylic acids is 2. The minimum absolute atomic E-state index is 0.351. The summed E-state index contributed by atoms with van der Waals surface area (Å²) in [6, 6.07) is 2.34. The molecular formula is C12H11FN2O6S. The third-order valence-electron chi connectivity index (χ3n) is 3.59. The second-order valence-electron chi connectivity index (χ2n) is 5.11. The maximum Gasteiger partial charge on any atom is 0.271 e. The predicted octanol–water partition coefficient (Wildman–Crippen LogP) is 0.800. The van der Waals surface area contributed by atoms with Crippen molar-refractivity contribution in [2.75, 3.05) is 11.2 Å².